The number of phosphoric acid groups is 1. The van der Waals surface area contributed by atoms with Gasteiger partial charge in [-0.2, -0.15) is 8.42 Å². The molecule has 0 aliphatic heterocycles. The van der Waals surface area contributed by atoms with Crippen LogP contribution in [-0.2, 0) is 45.7 Å². The zero-order chi connectivity index (χ0) is 22.2. The molecule has 3 aromatic carbocycles. The van der Waals surface area contributed by atoms with E-state index >= 15 is 0 Å². The van der Waals surface area contributed by atoms with Crippen molar-refractivity contribution >= 4 is 17.9 Å². The minimum absolute atomic E-state index is 0.0352. The van der Waals surface area contributed by atoms with Gasteiger partial charge >= 0.3 is 7.82 Å². The lowest BCUT2D eigenvalue weighted by molar-refractivity contribution is 0.0475. The Morgan fingerprint density at radius 2 is 1.19 bits per heavy atom. The highest BCUT2D eigenvalue weighted by Crippen LogP contribution is 2.51. The van der Waals surface area contributed by atoms with Gasteiger partial charge in [0.05, 0.1) is 18.1 Å². The standard InChI is InChI=1S/C22H23O7PS/c1-19-12-14-22(15-13-19)31(24,25)29-18-28-30(23,26-16-20-8-4-2-5-9-20)27-17-21-10-6-3-7-11-21/h2-15H,16-18H2,1H3. The minimum atomic E-state index is -4.13. The summed E-state index contributed by atoms with van der Waals surface area (Å²) in [5, 5.41) is 0. The fourth-order valence-corrected chi connectivity index (χ4v) is 4.36. The van der Waals surface area contributed by atoms with Crippen LogP contribution in [0.25, 0.3) is 0 Å². The molecule has 0 saturated carbocycles. The van der Waals surface area contributed by atoms with Gasteiger partial charge in [0.1, 0.15) is 0 Å². The van der Waals surface area contributed by atoms with Crippen LogP contribution in [0.5, 0.6) is 0 Å². The van der Waals surface area contributed by atoms with E-state index in [-0.39, 0.29) is 18.1 Å². The summed E-state index contributed by atoms with van der Waals surface area (Å²) in [4.78, 5) is -0.0352. The zero-order valence-electron chi connectivity index (χ0n) is 16.9. The van der Waals surface area contributed by atoms with Crippen LogP contribution < -0.4 is 0 Å². The molecule has 0 amide bonds. The summed E-state index contributed by atoms with van der Waals surface area (Å²) in [5.74, 6) is 0. The van der Waals surface area contributed by atoms with E-state index in [1.807, 2.05) is 43.3 Å². The first kappa shape index (κ1) is 23.3. The smallest absolute Gasteiger partial charge is 0.282 e. The van der Waals surface area contributed by atoms with Crippen LogP contribution in [-0.4, -0.2) is 15.2 Å². The summed E-state index contributed by atoms with van der Waals surface area (Å²) in [5.41, 5.74) is 2.41. The quantitative estimate of drug-likeness (QED) is 0.219. The van der Waals surface area contributed by atoms with Gasteiger partial charge in [0, 0.05) is 0 Å². The van der Waals surface area contributed by atoms with E-state index in [1.54, 1.807) is 36.4 Å². The van der Waals surface area contributed by atoms with Gasteiger partial charge in [-0.3, -0.25) is 13.6 Å². The molecule has 0 saturated heterocycles. The van der Waals surface area contributed by atoms with Gasteiger partial charge in [-0.15, -0.1) is 0 Å². The van der Waals surface area contributed by atoms with E-state index in [4.69, 9.17) is 17.8 Å². The third kappa shape index (κ3) is 7.40. The van der Waals surface area contributed by atoms with Gasteiger partial charge < -0.3 is 0 Å². The first-order chi connectivity index (χ1) is 14.9. The number of hydrogen-bond donors (Lipinski definition) is 0. The van der Waals surface area contributed by atoms with Crippen molar-refractivity contribution in [2.75, 3.05) is 6.79 Å². The van der Waals surface area contributed by atoms with Gasteiger partial charge in [-0.05, 0) is 30.2 Å². The van der Waals surface area contributed by atoms with Gasteiger partial charge in [0.25, 0.3) is 10.1 Å². The second-order valence-electron chi connectivity index (χ2n) is 6.60. The van der Waals surface area contributed by atoms with Crippen molar-refractivity contribution in [2.24, 2.45) is 0 Å². The van der Waals surface area contributed by atoms with Crippen LogP contribution in [0.4, 0.5) is 0 Å². The molecule has 0 spiro atoms. The maximum absolute atomic E-state index is 13.1. The van der Waals surface area contributed by atoms with Gasteiger partial charge in [0.15, 0.2) is 6.79 Å². The Hall–Kier alpha value is -2.32. The van der Waals surface area contributed by atoms with Gasteiger partial charge in [-0.1, -0.05) is 78.4 Å². The topological polar surface area (TPSA) is 88.1 Å². The van der Waals surface area contributed by atoms with Crippen LogP contribution >= 0.6 is 7.82 Å². The second kappa shape index (κ2) is 10.8. The maximum atomic E-state index is 13.1. The molecule has 0 N–H and O–H groups in total. The molecule has 0 radical (unpaired) electrons. The second-order valence-corrected chi connectivity index (χ2v) is 9.88. The lowest BCUT2D eigenvalue weighted by atomic mass is 10.2. The summed E-state index contributed by atoms with van der Waals surface area (Å²) < 4.78 is 58.6. The molecule has 0 aliphatic rings. The Labute approximate surface area is 182 Å². The van der Waals surface area contributed by atoms with Crippen LogP contribution in [0.15, 0.2) is 89.8 Å². The molecular weight excluding hydrogens is 439 g/mol. The molecular formula is C22H23O7PS. The van der Waals surface area contributed by atoms with Crippen molar-refractivity contribution in [3.05, 3.63) is 102 Å². The largest absolute Gasteiger partial charge is 0.477 e. The molecule has 164 valence electrons. The molecule has 0 aromatic heterocycles. The third-order valence-corrected chi connectivity index (χ3v) is 6.76. The Morgan fingerprint density at radius 1 is 0.710 bits per heavy atom. The average molecular weight is 462 g/mol. The molecule has 0 unspecified atom stereocenters. The van der Waals surface area contributed by atoms with E-state index in [0.29, 0.717) is 0 Å². The molecule has 3 aromatic rings. The van der Waals surface area contributed by atoms with Crippen molar-refractivity contribution in [3.8, 4) is 0 Å². The molecule has 0 heterocycles. The molecule has 0 fully saturated rings. The molecule has 3 rings (SSSR count). The minimum Gasteiger partial charge on any atom is -0.282 e. The predicted octanol–water partition coefficient (Wildman–Crippen LogP) is 5.22. The Kier molecular flexibility index (Phi) is 8.15. The average Bonchev–Trinajstić information content (AvgIpc) is 2.78. The Morgan fingerprint density at radius 3 is 1.68 bits per heavy atom. The van der Waals surface area contributed by atoms with Crippen molar-refractivity contribution in [1.29, 1.82) is 0 Å². The molecule has 0 atom stereocenters. The Balaban J connectivity index is 1.64. The summed E-state index contributed by atoms with van der Waals surface area (Å²) in [7, 11) is -8.22. The fraction of sp³-hybridized carbons (Fsp3) is 0.182. The normalized spacial score (nSPS) is 12.0. The first-order valence-electron chi connectivity index (χ1n) is 9.44. The Bertz CT molecular complexity index is 1050. The van der Waals surface area contributed by atoms with Crippen LogP contribution in [0, 0.1) is 6.92 Å². The molecule has 7 nitrogen and oxygen atoms in total. The number of hydrogen-bond acceptors (Lipinski definition) is 7. The van der Waals surface area contributed by atoms with Crippen LogP contribution in [0.1, 0.15) is 16.7 Å². The number of phosphoric ester groups is 1. The third-order valence-electron chi connectivity index (χ3n) is 4.19. The monoisotopic (exact) mass is 462 g/mol. The van der Waals surface area contributed by atoms with E-state index in [0.717, 1.165) is 16.7 Å². The molecule has 0 aliphatic carbocycles. The summed E-state index contributed by atoms with van der Waals surface area (Å²) >= 11 is 0. The lowest BCUT2D eigenvalue weighted by Crippen LogP contribution is -2.11. The molecule has 9 heteroatoms. The van der Waals surface area contributed by atoms with Crippen molar-refractivity contribution < 1.29 is 30.7 Å². The fourth-order valence-electron chi connectivity index (χ4n) is 2.49. The molecule has 31 heavy (non-hydrogen) atoms. The van der Waals surface area contributed by atoms with Crippen molar-refractivity contribution in [3.63, 3.8) is 0 Å². The van der Waals surface area contributed by atoms with Gasteiger partial charge in [0.2, 0.25) is 0 Å². The summed E-state index contributed by atoms with van der Waals surface area (Å²) in [6, 6.07) is 24.2. The van der Waals surface area contributed by atoms with Crippen molar-refractivity contribution in [1.82, 2.24) is 0 Å². The lowest BCUT2D eigenvalue weighted by Gasteiger charge is -2.18. The highest BCUT2D eigenvalue weighted by Gasteiger charge is 2.29. The number of benzene rings is 3. The van der Waals surface area contributed by atoms with E-state index in [9.17, 15) is 13.0 Å². The zero-order valence-corrected chi connectivity index (χ0v) is 18.6. The SMILES string of the molecule is Cc1ccc(S(=O)(=O)OCOP(=O)(OCc2ccccc2)OCc2ccccc2)cc1. The maximum Gasteiger partial charge on any atom is 0.477 e. The van der Waals surface area contributed by atoms with Crippen molar-refractivity contribution in [2.45, 2.75) is 25.0 Å². The van der Waals surface area contributed by atoms with E-state index in [2.05, 4.69) is 0 Å². The summed E-state index contributed by atoms with van der Waals surface area (Å²) in [6.45, 7) is 0.928. The highest BCUT2D eigenvalue weighted by molar-refractivity contribution is 7.86. The highest BCUT2D eigenvalue weighted by atomic mass is 32.2. The molecule has 0 bridgehead atoms. The van der Waals surface area contributed by atoms with Crippen LogP contribution in [0.3, 0.4) is 0 Å². The summed E-state index contributed by atoms with van der Waals surface area (Å²) in [6.07, 6.45) is 0. The first-order valence-corrected chi connectivity index (χ1v) is 12.3. The number of rotatable bonds is 11. The van der Waals surface area contributed by atoms with E-state index < -0.39 is 24.7 Å². The predicted molar refractivity (Wildman–Crippen MR) is 115 cm³/mol. The van der Waals surface area contributed by atoms with Crippen LogP contribution in [0.2, 0.25) is 0 Å². The van der Waals surface area contributed by atoms with Gasteiger partial charge in [-0.25, -0.2) is 8.75 Å². The number of aryl methyl sites for hydroxylation is 1. The van der Waals surface area contributed by atoms with E-state index in [1.165, 1.54) is 12.1 Å².